The molecule has 0 spiro atoms. The molecule has 20 heavy (non-hydrogen) atoms. The molecule has 3 rings (SSSR count). The first-order valence-corrected chi connectivity index (χ1v) is 7.98. The normalized spacial score (nSPS) is 19.8. The molecule has 1 saturated heterocycles. The maximum absolute atomic E-state index is 12.5. The molecule has 0 aliphatic carbocycles. The minimum Gasteiger partial charge on any atom is -0.314 e. The molecule has 1 atom stereocenters. The summed E-state index contributed by atoms with van der Waals surface area (Å²) in [6.45, 7) is 5.16. The first-order valence-electron chi connectivity index (χ1n) is 7.18. The molecule has 2 heterocycles. The van der Waals surface area contributed by atoms with Crippen molar-refractivity contribution in [3.63, 3.8) is 0 Å². The molecule has 1 aliphatic heterocycles. The van der Waals surface area contributed by atoms with Crippen LogP contribution >= 0.6 is 15.9 Å². The Kier molecular flexibility index (Phi) is 3.94. The van der Waals surface area contributed by atoms with Crippen molar-refractivity contribution in [2.75, 3.05) is 13.1 Å². The number of likely N-dealkylation sites (tertiary alicyclic amines) is 1. The van der Waals surface area contributed by atoms with Crippen molar-refractivity contribution in [3.05, 3.63) is 45.3 Å². The first-order chi connectivity index (χ1) is 9.66. The SMILES string of the molecule is C[C@@H]1CCCN1CCn1ccc2c(Br)cccc2c1=O. The minimum atomic E-state index is 0.107. The van der Waals surface area contributed by atoms with Gasteiger partial charge in [-0.15, -0.1) is 0 Å². The van der Waals surface area contributed by atoms with Crippen LogP contribution in [0.3, 0.4) is 0 Å². The van der Waals surface area contributed by atoms with E-state index in [0.717, 1.165) is 34.9 Å². The smallest absolute Gasteiger partial charge is 0.258 e. The van der Waals surface area contributed by atoms with E-state index in [2.05, 4.69) is 27.8 Å². The molecule has 2 aromatic rings. The van der Waals surface area contributed by atoms with Gasteiger partial charge >= 0.3 is 0 Å². The molecule has 1 fully saturated rings. The Balaban J connectivity index is 1.85. The molecule has 0 radical (unpaired) electrons. The monoisotopic (exact) mass is 334 g/mol. The van der Waals surface area contributed by atoms with E-state index >= 15 is 0 Å². The van der Waals surface area contributed by atoms with E-state index in [9.17, 15) is 4.79 Å². The third-order valence-electron chi connectivity index (χ3n) is 4.28. The average Bonchev–Trinajstić information content (AvgIpc) is 2.84. The molecule has 0 N–H and O–H groups in total. The highest BCUT2D eigenvalue weighted by molar-refractivity contribution is 9.10. The second-order valence-corrected chi connectivity index (χ2v) is 6.40. The molecule has 0 bridgehead atoms. The van der Waals surface area contributed by atoms with Crippen LogP contribution in [0.25, 0.3) is 10.8 Å². The number of pyridine rings is 1. The first kappa shape index (κ1) is 13.8. The van der Waals surface area contributed by atoms with E-state index in [4.69, 9.17) is 0 Å². The number of rotatable bonds is 3. The van der Waals surface area contributed by atoms with Crippen molar-refractivity contribution in [2.24, 2.45) is 0 Å². The summed E-state index contributed by atoms with van der Waals surface area (Å²) in [6, 6.07) is 8.46. The summed E-state index contributed by atoms with van der Waals surface area (Å²) in [7, 11) is 0. The number of benzene rings is 1. The summed E-state index contributed by atoms with van der Waals surface area (Å²) in [4.78, 5) is 15.0. The van der Waals surface area contributed by atoms with Gasteiger partial charge in [-0.05, 0) is 44.5 Å². The van der Waals surface area contributed by atoms with Crippen LogP contribution in [0.1, 0.15) is 19.8 Å². The Labute approximate surface area is 127 Å². The quantitative estimate of drug-likeness (QED) is 0.860. The summed E-state index contributed by atoms with van der Waals surface area (Å²) < 4.78 is 2.81. The molecule has 4 heteroatoms. The van der Waals surface area contributed by atoms with Crippen LogP contribution in [0.2, 0.25) is 0 Å². The van der Waals surface area contributed by atoms with Gasteiger partial charge in [0.25, 0.3) is 5.56 Å². The van der Waals surface area contributed by atoms with Gasteiger partial charge in [-0.3, -0.25) is 9.69 Å². The van der Waals surface area contributed by atoms with Gasteiger partial charge in [0, 0.05) is 40.6 Å². The molecule has 1 aromatic carbocycles. The van der Waals surface area contributed by atoms with Gasteiger partial charge in [-0.2, -0.15) is 0 Å². The third-order valence-corrected chi connectivity index (χ3v) is 4.98. The van der Waals surface area contributed by atoms with E-state index in [1.807, 2.05) is 35.0 Å². The zero-order chi connectivity index (χ0) is 14.1. The predicted octanol–water partition coefficient (Wildman–Crippen LogP) is 3.25. The van der Waals surface area contributed by atoms with Crippen molar-refractivity contribution >= 4 is 26.7 Å². The Hall–Kier alpha value is -1.13. The fraction of sp³-hybridized carbons (Fsp3) is 0.438. The standard InChI is InChI=1S/C16H19BrN2O/c1-12-4-3-8-18(12)10-11-19-9-7-13-14(16(19)20)5-2-6-15(13)17/h2,5-7,9,12H,3-4,8,10-11H2,1H3/t12-/m1/s1. The van der Waals surface area contributed by atoms with Gasteiger partial charge in [-0.1, -0.05) is 22.0 Å². The Morgan fingerprint density at radius 3 is 2.85 bits per heavy atom. The van der Waals surface area contributed by atoms with Crippen LogP contribution in [0, 0.1) is 0 Å². The molecule has 0 saturated carbocycles. The van der Waals surface area contributed by atoms with Crippen LogP contribution in [-0.2, 0) is 6.54 Å². The molecule has 1 aliphatic rings. The lowest BCUT2D eigenvalue weighted by Gasteiger charge is -2.21. The maximum Gasteiger partial charge on any atom is 0.258 e. The fourth-order valence-corrected chi connectivity index (χ4v) is 3.52. The van der Waals surface area contributed by atoms with Crippen molar-refractivity contribution < 1.29 is 0 Å². The van der Waals surface area contributed by atoms with E-state index in [1.54, 1.807) is 0 Å². The van der Waals surface area contributed by atoms with Crippen molar-refractivity contribution in [1.29, 1.82) is 0 Å². The van der Waals surface area contributed by atoms with Gasteiger partial charge in [0.2, 0.25) is 0 Å². The lowest BCUT2D eigenvalue weighted by molar-refractivity contribution is 0.257. The highest BCUT2D eigenvalue weighted by atomic mass is 79.9. The topological polar surface area (TPSA) is 25.2 Å². The van der Waals surface area contributed by atoms with Crippen molar-refractivity contribution in [1.82, 2.24) is 9.47 Å². The molecular weight excluding hydrogens is 316 g/mol. The second-order valence-electron chi connectivity index (χ2n) is 5.54. The largest absolute Gasteiger partial charge is 0.314 e. The molecule has 106 valence electrons. The molecular formula is C16H19BrN2O. The zero-order valence-electron chi connectivity index (χ0n) is 11.7. The second kappa shape index (κ2) is 5.70. The summed E-state index contributed by atoms with van der Waals surface area (Å²) in [5.74, 6) is 0. The lowest BCUT2D eigenvalue weighted by atomic mass is 10.2. The van der Waals surface area contributed by atoms with Crippen molar-refractivity contribution in [2.45, 2.75) is 32.4 Å². The van der Waals surface area contributed by atoms with Gasteiger partial charge < -0.3 is 4.57 Å². The molecule has 3 nitrogen and oxygen atoms in total. The fourth-order valence-electron chi connectivity index (χ4n) is 3.02. The van der Waals surface area contributed by atoms with E-state index in [1.165, 1.54) is 12.8 Å². The van der Waals surface area contributed by atoms with Gasteiger partial charge in [-0.25, -0.2) is 0 Å². The summed E-state index contributed by atoms with van der Waals surface area (Å²) >= 11 is 3.50. The number of nitrogens with zero attached hydrogens (tertiary/aromatic N) is 2. The van der Waals surface area contributed by atoms with Crippen LogP contribution in [0.15, 0.2) is 39.7 Å². The third kappa shape index (κ3) is 2.54. The highest BCUT2D eigenvalue weighted by Gasteiger charge is 2.19. The number of halogens is 1. The highest BCUT2D eigenvalue weighted by Crippen LogP contribution is 2.21. The lowest BCUT2D eigenvalue weighted by Crippen LogP contribution is -2.32. The zero-order valence-corrected chi connectivity index (χ0v) is 13.3. The summed E-state index contributed by atoms with van der Waals surface area (Å²) in [5, 5.41) is 1.78. The van der Waals surface area contributed by atoms with E-state index in [0.29, 0.717) is 6.04 Å². The van der Waals surface area contributed by atoms with Gasteiger partial charge in [0.1, 0.15) is 0 Å². The van der Waals surface area contributed by atoms with Crippen LogP contribution in [-0.4, -0.2) is 28.6 Å². The molecule has 1 aromatic heterocycles. The number of aromatic nitrogens is 1. The Morgan fingerprint density at radius 1 is 1.25 bits per heavy atom. The Morgan fingerprint density at radius 2 is 2.10 bits per heavy atom. The molecule has 0 amide bonds. The van der Waals surface area contributed by atoms with E-state index in [-0.39, 0.29) is 5.56 Å². The van der Waals surface area contributed by atoms with Crippen LogP contribution < -0.4 is 5.56 Å². The minimum absolute atomic E-state index is 0.107. The predicted molar refractivity (Wildman–Crippen MR) is 86.2 cm³/mol. The number of hydrogen-bond donors (Lipinski definition) is 0. The number of fused-ring (bicyclic) bond motifs is 1. The summed E-state index contributed by atoms with van der Waals surface area (Å²) in [5.41, 5.74) is 0.107. The molecule has 0 unspecified atom stereocenters. The van der Waals surface area contributed by atoms with Crippen LogP contribution in [0.5, 0.6) is 0 Å². The summed E-state index contributed by atoms with van der Waals surface area (Å²) in [6.07, 6.45) is 4.47. The Bertz CT molecular complexity index is 680. The van der Waals surface area contributed by atoms with E-state index < -0.39 is 0 Å². The van der Waals surface area contributed by atoms with Gasteiger partial charge in [0.15, 0.2) is 0 Å². The van der Waals surface area contributed by atoms with Gasteiger partial charge in [0.05, 0.1) is 0 Å². The maximum atomic E-state index is 12.5. The van der Waals surface area contributed by atoms with Crippen molar-refractivity contribution in [3.8, 4) is 0 Å². The number of hydrogen-bond acceptors (Lipinski definition) is 2. The van der Waals surface area contributed by atoms with Crippen LogP contribution in [0.4, 0.5) is 0 Å². The average molecular weight is 335 g/mol.